The second-order valence-corrected chi connectivity index (χ2v) is 3.51. The molecular formula is C11H9ClN2O2. The van der Waals surface area contributed by atoms with E-state index in [1.807, 2.05) is 0 Å². The molecule has 1 aromatic carbocycles. The number of rotatable bonds is 2. The normalized spacial score (nSPS) is 10.1. The van der Waals surface area contributed by atoms with Gasteiger partial charge in [0.05, 0.1) is 12.8 Å². The maximum Gasteiger partial charge on any atom is 0.252 e. The Morgan fingerprint density at radius 2 is 2.00 bits per heavy atom. The molecule has 1 aromatic heterocycles. The number of nitrogens with zero attached hydrogens (tertiary/aromatic N) is 2. The number of hydrogen-bond donors (Lipinski definition) is 1. The van der Waals surface area contributed by atoms with E-state index in [2.05, 4.69) is 10.2 Å². The number of methoxy groups -OCH3 is 1. The van der Waals surface area contributed by atoms with Crippen molar-refractivity contribution in [2.45, 2.75) is 0 Å². The second kappa shape index (κ2) is 4.37. The molecule has 0 unspecified atom stereocenters. The lowest BCUT2D eigenvalue weighted by molar-refractivity contribution is 0.392. The maximum atomic E-state index is 9.64. The summed E-state index contributed by atoms with van der Waals surface area (Å²) in [4.78, 5) is 0. The van der Waals surface area contributed by atoms with Crippen LogP contribution in [0.1, 0.15) is 0 Å². The molecule has 0 aliphatic heterocycles. The zero-order chi connectivity index (χ0) is 11.5. The van der Waals surface area contributed by atoms with Gasteiger partial charge in [-0.25, -0.2) is 0 Å². The highest BCUT2D eigenvalue weighted by Gasteiger charge is 2.09. The Bertz CT molecular complexity index is 517. The van der Waals surface area contributed by atoms with E-state index in [1.54, 1.807) is 30.3 Å². The molecule has 1 N–H and O–H groups in total. The van der Waals surface area contributed by atoms with Crippen LogP contribution in [-0.4, -0.2) is 22.4 Å². The molecule has 0 saturated carbocycles. The molecule has 0 aliphatic rings. The van der Waals surface area contributed by atoms with Gasteiger partial charge in [-0.1, -0.05) is 23.7 Å². The van der Waals surface area contributed by atoms with Crippen LogP contribution in [0, 0.1) is 0 Å². The first-order valence-corrected chi connectivity index (χ1v) is 4.95. The quantitative estimate of drug-likeness (QED) is 0.871. The van der Waals surface area contributed by atoms with Crippen LogP contribution in [0.5, 0.6) is 11.6 Å². The average molecular weight is 237 g/mol. The fourth-order valence-corrected chi connectivity index (χ4v) is 1.54. The number of phenols is 1. The summed E-state index contributed by atoms with van der Waals surface area (Å²) in [6.45, 7) is 0. The highest BCUT2D eigenvalue weighted by Crippen LogP contribution is 2.30. The highest BCUT2D eigenvalue weighted by molar-refractivity contribution is 6.32. The molecule has 5 heteroatoms. The molecule has 82 valence electrons. The average Bonchev–Trinajstić information content (AvgIpc) is 2.29. The largest absolute Gasteiger partial charge is 0.507 e. The van der Waals surface area contributed by atoms with Gasteiger partial charge in [0, 0.05) is 5.56 Å². The van der Waals surface area contributed by atoms with Crippen LogP contribution in [0.25, 0.3) is 11.3 Å². The molecule has 16 heavy (non-hydrogen) atoms. The summed E-state index contributed by atoms with van der Waals surface area (Å²) in [5.41, 5.74) is 1.09. The Morgan fingerprint density at radius 1 is 1.25 bits per heavy atom. The zero-order valence-electron chi connectivity index (χ0n) is 8.51. The molecule has 0 fully saturated rings. The van der Waals surface area contributed by atoms with Gasteiger partial charge in [-0.3, -0.25) is 0 Å². The predicted molar refractivity (Wildman–Crippen MR) is 60.7 cm³/mol. The van der Waals surface area contributed by atoms with Gasteiger partial charge in [-0.05, 0) is 18.2 Å². The van der Waals surface area contributed by atoms with Crippen molar-refractivity contribution in [3.05, 3.63) is 35.4 Å². The lowest BCUT2D eigenvalue weighted by Gasteiger charge is -2.05. The third-order valence-corrected chi connectivity index (χ3v) is 2.36. The summed E-state index contributed by atoms with van der Waals surface area (Å²) >= 11 is 5.92. The number of para-hydroxylation sites is 1. The molecule has 0 radical (unpaired) electrons. The minimum atomic E-state index is 0.137. The lowest BCUT2D eigenvalue weighted by Crippen LogP contribution is -1.93. The first-order valence-electron chi connectivity index (χ1n) is 4.58. The number of halogens is 1. The fraction of sp³-hybridized carbons (Fsp3) is 0.0909. The van der Waals surface area contributed by atoms with Gasteiger partial charge in [0.15, 0.2) is 0 Å². The van der Waals surface area contributed by atoms with Gasteiger partial charge in [-0.2, -0.15) is 0 Å². The molecular weight excluding hydrogens is 228 g/mol. The summed E-state index contributed by atoms with van der Waals surface area (Å²) in [6.07, 6.45) is 0. The van der Waals surface area contributed by atoms with E-state index in [9.17, 15) is 5.11 Å². The number of benzene rings is 1. The second-order valence-electron chi connectivity index (χ2n) is 3.10. The number of phenolic OH excluding ortho intramolecular Hbond substituents is 1. The van der Waals surface area contributed by atoms with Crippen molar-refractivity contribution in [1.82, 2.24) is 10.2 Å². The van der Waals surface area contributed by atoms with Crippen molar-refractivity contribution in [3.63, 3.8) is 0 Å². The van der Waals surface area contributed by atoms with Crippen LogP contribution in [0.15, 0.2) is 30.3 Å². The van der Waals surface area contributed by atoms with Crippen molar-refractivity contribution in [2.75, 3.05) is 7.11 Å². The molecule has 0 atom stereocenters. The first kappa shape index (κ1) is 10.7. The van der Waals surface area contributed by atoms with E-state index in [4.69, 9.17) is 16.3 Å². The summed E-state index contributed by atoms with van der Waals surface area (Å²) in [5, 5.41) is 17.7. The van der Waals surface area contributed by atoms with E-state index in [-0.39, 0.29) is 11.6 Å². The van der Waals surface area contributed by atoms with E-state index < -0.39 is 0 Å². The van der Waals surface area contributed by atoms with Crippen molar-refractivity contribution >= 4 is 11.6 Å². The van der Waals surface area contributed by atoms with Gasteiger partial charge in [-0.15, -0.1) is 10.2 Å². The predicted octanol–water partition coefficient (Wildman–Crippen LogP) is 2.51. The van der Waals surface area contributed by atoms with Gasteiger partial charge >= 0.3 is 0 Å². The Morgan fingerprint density at radius 3 is 2.62 bits per heavy atom. The smallest absolute Gasteiger partial charge is 0.252 e. The molecule has 2 rings (SSSR count). The van der Waals surface area contributed by atoms with Gasteiger partial charge in [0.2, 0.25) is 0 Å². The third-order valence-electron chi connectivity index (χ3n) is 2.09. The van der Waals surface area contributed by atoms with Crippen LogP contribution in [0.3, 0.4) is 0 Å². The van der Waals surface area contributed by atoms with Crippen molar-refractivity contribution in [3.8, 4) is 22.9 Å². The number of ether oxygens (including phenoxy) is 1. The standard InChI is InChI=1S/C11H9ClN2O2/c1-16-11-8(12)6-9(13-14-11)7-4-2-3-5-10(7)15/h2-6,15H,1H3. The molecule has 0 bridgehead atoms. The minimum Gasteiger partial charge on any atom is -0.507 e. The van der Waals surface area contributed by atoms with Gasteiger partial charge in [0.25, 0.3) is 5.88 Å². The molecule has 2 aromatic rings. The molecule has 0 amide bonds. The van der Waals surface area contributed by atoms with Crippen LogP contribution in [0.2, 0.25) is 5.02 Å². The number of aromatic hydroxyl groups is 1. The van der Waals surface area contributed by atoms with Crippen LogP contribution in [0.4, 0.5) is 0 Å². The summed E-state index contributed by atoms with van der Waals surface area (Å²) in [7, 11) is 1.47. The van der Waals surface area contributed by atoms with Crippen molar-refractivity contribution in [2.24, 2.45) is 0 Å². The Labute approximate surface area is 97.5 Å². The lowest BCUT2D eigenvalue weighted by atomic mass is 10.1. The Kier molecular flexibility index (Phi) is 2.92. The monoisotopic (exact) mass is 236 g/mol. The molecule has 1 heterocycles. The van der Waals surface area contributed by atoms with Crippen LogP contribution >= 0.6 is 11.6 Å². The summed E-state index contributed by atoms with van der Waals surface area (Å²) < 4.78 is 4.90. The van der Waals surface area contributed by atoms with Crippen molar-refractivity contribution in [1.29, 1.82) is 0 Å². The topological polar surface area (TPSA) is 55.2 Å². The Hall–Kier alpha value is -1.81. The van der Waals surface area contributed by atoms with E-state index >= 15 is 0 Å². The van der Waals surface area contributed by atoms with Crippen molar-refractivity contribution < 1.29 is 9.84 Å². The SMILES string of the molecule is COc1nnc(-c2ccccc2O)cc1Cl. The first-order chi connectivity index (χ1) is 7.72. The molecule has 0 spiro atoms. The Balaban J connectivity index is 2.50. The summed E-state index contributed by atoms with van der Waals surface area (Å²) in [6, 6.07) is 8.45. The van der Waals surface area contributed by atoms with Crippen LogP contribution in [-0.2, 0) is 0 Å². The minimum absolute atomic E-state index is 0.137. The summed E-state index contributed by atoms with van der Waals surface area (Å²) in [5.74, 6) is 0.402. The van der Waals surface area contributed by atoms with E-state index in [1.165, 1.54) is 7.11 Å². The zero-order valence-corrected chi connectivity index (χ0v) is 9.27. The van der Waals surface area contributed by atoms with E-state index in [0.29, 0.717) is 16.3 Å². The molecule has 4 nitrogen and oxygen atoms in total. The molecule has 0 aliphatic carbocycles. The maximum absolute atomic E-state index is 9.64. The van der Waals surface area contributed by atoms with Gasteiger partial charge < -0.3 is 9.84 Å². The highest BCUT2D eigenvalue weighted by atomic mass is 35.5. The van der Waals surface area contributed by atoms with Gasteiger partial charge in [0.1, 0.15) is 10.8 Å². The fourth-order valence-electron chi connectivity index (χ4n) is 1.32. The van der Waals surface area contributed by atoms with Crippen LogP contribution < -0.4 is 4.74 Å². The molecule has 0 saturated heterocycles. The van der Waals surface area contributed by atoms with E-state index in [0.717, 1.165) is 0 Å². The number of hydrogen-bond acceptors (Lipinski definition) is 4. The third kappa shape index (κ3) is 1.92. The number of aromatic nitrogens is 2.